The molecule has 0 bridgehead atoms. The minimum absolute atomic E-state index is 0.186. The molecule has 1 amide bonds. The van der Waals surface area contributed by atoms with Gasteiger partial charge in [0.1, 0.15) is 0 Å². The first-order valence-corrected chi connectivity index (χ1v) is 5.99. The van der Waals surface area contributed by atoms with Gasteiger partial charge in [-0.1, -0.05) is 31.3 Å². The molecule has 17 heavy (non-hydrogen) atoms. The van der Waals surface area contributed by atoms with E-state index >= 15 is 0 Å². The van der Waals surface area contributed by atoms with E-state index in [4.69, 9.17) is 18.0 Å². The highest BCUT2D eigenvalue weighted by Gasteiger charge is 2.30. The minimum atomic E-state index is -0.835. The first-order chi connectivity index (χ1) is 7.87. The first kappa shape index (κ1) is 13.6. The highest BCUT2D eigenvalue weighted by molar-refractivity contribution is 7.80. The summed E-state index contributed by atoms with van der Waals surface area (Å²) in [5.41, 5.74) is 6.70. The molecule has 3 nitrogen and oxygen atoms in total. The number of benzene rings is 1. The van der Waals surface area contributed by atoms with Gasteiger partial charge < -0.3 is 11.1 Å². The molecule has 1 aromatic rings. The minimum Gasteiger partial charge on any atom is -0.392 e. The van der Waals surface area contributed by atoms with Crippen molar-refractivity contribution in [3.8, 4) is 0 Å². The Morgan fingerprint density at radius 2 is 1.88 bits per heavy atom. The Hall–Kier alpha value is -1.42. The third-order valence-corrected chi connectivity index (χ3v) is 3.31. The molecule has 3 N–H and O–H groups in total. The van der Waals surface area contributed by atoms with Crippen LogP contribution in [0, 0.1) is 5.41 Å². The SMILES string of the molecule is CCc1ccc(NC(=O)C(C)(C)C(N)=S)cc1. The number of anilines is 1. The molecule has 0 spiro atoms. The van der Waals surface area contributed by atoms with E-state index in [0.29, 0.717) is 0 Å². The average Bonchev–Trinajstić information content (AvgIpc) is 2.29. The summed E-state index contributed by atoms with van der Waals surface area (Å²) >= 11 is 4.88. The number of rotatable bonds is 4. The van der Waals surface area contributed by atoms with Crippen LogP contribution in [0.2, 0.25) is 0 Å². The molecule has 0 aromatic heterocycles. The van der Waals surface area contributed by atoms with Crippen molar-refractivity contribution >= 4 is 28.8 Å². The number of hydrogen-bond donors (Lipinski definition) is 2. The maximum absolute atomic E-state index is 12.0. The van der Waals surface area contributed by atoms with Crippen LogP contribution in [0.4, 0.5) is 5.69 Å². The van der Waals surface area contributed by atoms with Crippen molar-refractivity contribution in [2.24, 2.45) is 11.1 Å². The van der Waals surface area contributed by atoms with Crippen LogP contribution in [-0.4, -0.2) is 10.9 Å². The van der Waals surface area contributed by atoms with E-state index in [2.05, 4.69) is 12.2 Å². The molecule has 1 aromatic carbocycles. The van der Waals surface area contributed by atoms with E-state index in [1.54, 1.807) is 13.8 Å². The Labute approximate surface area is 107 Å². The molecule has 0 saturated heterocycles. The zero-order chi connectivity index (χ0) is 13.1. The molecule has 0 unspecified atom stereocenters. The van der Waals surface area contributed by atoms with Gasteiger partial charge >= 0.3 is 0 Å². The van der Waals surface area contributed by atoms with E-state index in [0.717, 1.165) is 12.1 Å². The molecule has 0 fully saturated rings. The van der Waals surface area contributed by atoms with E-state index in [1.165, 1.54) is 5.56 Å². The number of nitrogens with one attached hydrogen (secondary N) is 1. The topological polar surface area (TPSA) is 55.1 Å². The predicted octanol–water partition coefficient (Wildman–Crippen LogP) is 2.50. The zero-order valence-electron chi connectivity index (χ0n) is 10.4. The lowest BCUT2D eigenvalue weighted by Crippen LogP contribution is -2.41. The molecule has 0 saturated carbocycles. The molecule has 0 aliphatic carbocycles. The van der Waals surface area contributed by atoms with E-state index < -0.39 is 5.41 Å². The van der Waals surface area contributed by atoms with Gasteiger partial charge in [0, 0.05) is 5.69 Å². The number of amides is 1. The van der Waals surface area contributed by atoms with Crippen LogP contribution in [-0.2, 0) is 11.2 Å². The highest BCUT2D eigenvalue weighted by atomic mass is 32.1. The third kappa shape index (κ3) is 3.27. The predicted molar refractivity (Wildman–Crippen MR) is 75.0 cm³/mol. The summed E-state index contributed by atoms with van der Waals surface area (Å²) in [6.07, 6.45) is 0.979. The van der Waals surface area contributed by atoms with Crippen molar-refractivity contribution in [2.75, 3.05) is 5.32 Å². The van der Waals surface area contributed by atoms with Gasteiger partial charge in [0.2, 0.25) is 5.91 Å². The average molecular weight is 250 g/mol. The molecule has 0 radical (unpaired) electrons. The van der Waals surface area contributed by atoms with Crippen molar-refractivity contribution in [1.29, 1.82) is 0 Å². The molecule has 92 valence electrons. The van der Waals surface area contributed by atoms with Gasteiger partial charge in [0.25, 0.3) is 0 Å². The summed E-state index contributed by atoms with van der Waals surface area (Å²) in [7, 11) is 0. The molecular formula is C13H18N2OS. The first-order valence-electron chi connectivity index (χ1n) is 5.58. The number of carbonyl (C=O) groups is 1. The Balaban J connectivity index is 2.77. The normalized spacial score (nSPS) is 11.0. The second-order valence-corrected chi connectivity index (χ2v) is 4.93. The van der Waals surface area contributed by atoms with Gasteiger partial charge in [-0.2, -0.15) is 0 Å². The molecule has 1 rings (SSSR count). The quantitative estimate of drug-likeness (QED) is 0.807. The van der Waals surface area contributed by atoms with Crippen LogP contribution in [0.15, 0.2) is 24.3 Å². The van der Waals surface area contributed by atoms with E-state index in [9.17, 15) is 4.79 Å². The number of nitrogens with two attached hydrogens (primary N) is 1. The zero-order valence-corrected chi connectivity index (χ0v) is 11.2. The van der Waals surface area contributed by atoms with Crippen molar-refractivity contribution < 1.29 is 4.79 Å². The van der Waals surface area contributed by atoms with Crippen LogP contribution in [0.3, 0.4) is 0 Å². The lowest BCUT2D eigenvalue weighted by Gasteiger charge is -2.21. The van der Waals surface area contributed by atoms with Crippen molar-refractivity contribution in [2.45, 2.75) is 27.2 Å². The fourth-order valence-corrected chi connectivity index (χ4v) is 1.32. The monoisotopic (exact) mass is 250 g/mol. The highest BCUT2D eigenvalue weighted by Crippen LogP contribution is 2.19. The van der Waals surface area contributed by atoms with Gasteiger partial charge in [-0.15, -0.1) is 0 Å². The molecule has 0 aliphatic rings. The second-order valence-electron chi connectivity index (χ2n) is 4.49. The van der Waals surface area contributed by atoms with E-state index in [-0.39, 0.29) is 10.9 Å². The van der Waals surface area contributed by atoms with Crippen molar-refractivity contribution in [1.82, 2.24) is 0 Å². The Kier molecular flexibility index (Phi) is 4.23. The molecule has 0 atom stereocenters. The van der Waals surface area contributed by atoms with Gasteiger partial charge in [-0.25, -0.2) is 0 Å². The fraction of sp³-hybridized carbons (Fsp3) is 0.385. The van der Waals surface area contributed by atoms with Gasteiger partial charge in [0.05, 0.1) is 10.4 Å². The summed E-state index contributed by atoms with van der Waals surface area (Å²) in [6.45, 7) is 5.51. The molecule has 4 heteroatoms. The summed E-state index contributed by atoms with van der Waals surface area (Å²) < 4.78 is 0. The summed E-state index contributed by atoms with van der Waals surface area (Å²) in [5.74, 6) is -0.186. The smallest absolute Gasteiger partial charge is 0.236 e. The second kappa shape index (κ2) is 5.27. The number of aryl methyl sites for hydroxylation is 1. The van der Waals surface area contributed by atoms with Gasteiger partial charge in [-0.3, -0.25) is 4.79 Å². The Morgan fingerprint density at radius 3 is 2.29 bits per heavy atom. The fourth-order valence-electron chi connectivity index (χ4n) is 1.22. The Morgan fingerprint density at radius 1 is 1.35 bits per heavy atom. The molecule has 0 aliphatic heterocycles. The molecule has 0 heterocycles. The standard InChI is InChI=1S/C13H18N2OS/c1-4-9-5-7-10(8-6-9)15-12(16)13(2,3)11(14)17/h5-8H,4H2,1-3H3,(H2,14,17)(H,15,16). The maximum Gasteiger partial charge on any atom is 0.236 e. The summed E-state index contributed by atoms with van der Waals surface area (Å²) in [6, 6.07) is 7.74. The third-order valence-electron chi connectivity index (χ3n) is 2.80. The van der Waals surface area contributed by atoms with Crippen LogP contribution in [0.1, 0.15) is 26.3 Å². The molecular weight excluding hydrogens is 232 g/mol. The number of hydrogen-bond acceptors (Lipinski definition) is 2. The van der Waals surface area contributed by atoms with Crippen LogP contribution in [0.25, 0.3) is 0 Å². The van der Waals surface area contributed by atoms with Gasteiger partial charge in [-0.05, 0) is 38.0 Å². The summed E-state index contributed by atoms with van der Waals surface area (Å²) in [5, 5.41) is 2.81. The lowest BCUT2D eigenvalue weighted by molar-refractivity contribution is -0.121. The van der Waals surface area contributed by atoms with Crippen LogP contribution in [0.5, 0.6) is 0 Å². The maximum atomic E-state index is 12.0. The van der Waals surface area contributed by atoms with E-state index in [1.807, 2.05) is 24.3 Å². The number of thiocarbonyl (C=S) groups is 1. The van der Waals surface area contributed by atoms with Crippen molar-refractivity contribution in [3.05, 3.63) is 29.8 Å². The lowest BCUT2D eigenvalue weighted by atomic mass is 9.92. The van der Waals surface area contributed by atoms with Crippen LogP contribution >= 0.6 is 12.2 Å². The number of carbonyl (C=O) groups excluding carboxylic acids is 1. The van der Waals surface area contributed by atoms with Gasteiger partial charge in [0.15, 0.2) is 0 Å². The largest absolute Gasteiger partial charge is 0.392 e. The Bertz CT molecular complexity index is 424. The van der Waals surface area contributed by atoms with Crippen LogP contribution < -0.4 is 11.1 Å². The van der Waals surface area contributed by atoms with Crippen molar-refractivity contribution in [3.63, 3.8) is 0 Å². The summed E-state index contributed by atoms with van der Waals surface area (Å²) in [4.78, 5) is 12.1.